The first-order valence-corrected chi connectivity index (χ1v) is 7.42. The molecule has 1 fully saturated rings. The molecule has 0 saturated carbocycles. The van der Waals surface area contributed by atoms with E-state index >= 15 is 0 Å². The standard InChI is InChI=1S/C15H20N4O4/c1-21-12-6-10-11(7-13(12)22-2)17-15(18-16)19(14(10)20)8-9-4-3-5-23-9/h6-7,9H,3-5,8,16H2,1-2H3,(H,17,18)/t9-/m1/s1. The fraction of sp³-hybridized carbons (Fsp3) is 0.467. The van der Waals surface area contributed by atoms with Gasteiger partial charge in [0.2, 0.25) is 5.95 Å². The minimum atomic E-state index is -0.195. The van der Waals surface area contributed by atoms with E-state index in [1.165, 1.54) is 18.8 Å². The van der Waals surface area contributed by atoms with Crippen LogP contribution in [0.2, 0.25) is 0 Å². The second-order valence-electron chi connectivity index (χ2n) is 5.35. The molecular weight excluding hydrogens is 300 g/mol. The molecule has 0 radical (unpaired) electrons. The summed E-state index contributed by atoms with van der Waals surface area (Å²) >= 11 is 0. The summed E-state index contributed by atoms with van der Waals surface area (Å²) in [5, 5.41) is 0.444. The van der Waals surface area contributed by atoms with Crippen molar-refractivity contribution in [1.29, 1.82) is 0 Å². The average Bonchev–Trinajstić information content (AvgIpc) is 3.09. The lowest BCUT2D eigenvalue weighted by Crippen LogP contribution is -2.31. The number of anilines is 1. The summed E-state index contributed by atoms with van der Waals surface area (Å²) in [7, 11) is 3.06. The quantitative estimate of drug-likeness (QED) is 0.623. The van der Waals surface area contributed by atoms with Crippen molar-refractivity contribution in [1.82, 2.24) is 9.55 Å². The van der Waals surface area contributed by atoms with Gasteiger partial charge in [-0.2, -0.15) is 0 Å². The summed E-state index contributed by atoms with van der Waals surface area (Å²) < 4.78 is 17.6. The Morgan fingerprint density at radius 1 is 1.39 bits per heavy atom. The molecule has 1 aliphatic heterocycles. The van der Waals surface area contributed by atoms with Crippen LogP contribution in [0.5, 0.6) is 11.5 Å². The Kier molecular flexibility index (Phi) is 4.35. The lowest BCUT2D eigenvalue weighted by atomic mass is 10.2. The Morgan fingerprint density at radius 3 is 2.74 bits per heavy atom. The number of hydrogen-bond donors (Lipinski definition) is 2. The van der Waals surface area contributed by atoms with Crippen LogP contribution in [0, 0.1) is 0 Å². The van der Waals surface area contributed by atoms with E-state index in [9.17, 15) is 4.79 Å². The van der Waals surface area contributed by atoms with Crippen molar-refractivity contribution in [3.05, 3.63) is 22.5 Å². The van der Waals surface area contributed by atoms with Crippen LogP contribution in [0.3, 0.4) is 0 Å². The maximum atomic E-state index is 12.8. The topological polar surface area (TPSA) is 101 Å². The molecule has 3 N–H and O–H groups in total. The van der Waals surface area contributed by atoms with E-state index in [0.717, 1.165) is 19.4 Å². The smallest absolute Gasteiger partial charge is 0.263 e. The molecular formula is C15H20N4O4. The van der Waals surface area contributed by atoms with Crippen LogP contribution >= 0.6 is 0 Å². The molecule has 1 atom stereocenters. The molecule has 1 aromatic heterocycles. The number of nitrogens with zero attached hydrogens (tertiary/aromatic N) is 2. The van der Waals surface area contributed by atoms with Crippen LogP contribution in [0.4, 0.5) is 5.95 Å². The van der Waals surface area contributed by atoms with Gasteiger partial charge in [0.25, 0.3) is 5.56 Å². The Labute approximate surface area is 133 Å². The van der Waals surface area contributed by atoms with E-state index in [1.807, 2.05) is 0 Å². The zero-order valence-corrected chi connectivity index (χ0v) is 13.2. The molecule has 0 amide bonds. The highest BCUT2D eigenvalue weighted by atomic mass is 16.5. The molecule has 1 saturated heterocycles. The van der Waals surface area contributed by atoms with Gasteiger partial charge >= 0.3 is 0 Å². The van der Waals surface area contributed by atoms with Crippen molar-refractivity contribution < 1.29 is 14.2 Å². The molecule has 0 unspecified atom stereocenters. The van der Waals surface area contributed by atoms with Gasteiger partial charge in [-0.15, -0.1) is 0 Å². The van der Waals surface area contributed by atoms with E-state index in [0.29, 0.717) is 34.9 Å². The fourth-order valence-corrected chi connectivity index (χ4v) is 2.82. The number of nitrogens with two attached hydrogens (primary N) is 1. The first kappa shape index (κ1) is 15.6. The van der Waals surface area contributed by atoms with Gasteiger partial charge in [-0.3, -0.25) is 14.8 Å². The van der Waals surface area contributed by atoms with Crippen molar-refractivity contribution in [3.8, 4) is 11.5 Å². The van der Waals surface area contributed by atoms with Gasteiger partial charge in [-0.05, 0) is 18.9 Å². The number of hydrazine groups is 1. The Morgan fingerprint density at radius 2 is 2.13 bits per heavy atom. The number of methoxy groups -OCH3 is 2. The maximum Gasteiger partial charge on any atom is 0.263 e. The van der Waals surface area contributed by atoms with Gasteiger partial charge in [0.05, 0.1) is 37.8 Å². The number of aromatic nitrogens is 2. The van der Waals surface area contributed by atoms with Crippen LogP contribution < -0.4 is 26.3 Å². The minimum Gasteiger partial charge on any atom is -0.493 e. The van der Waals surface area contributed by atoms with Crippen molar-refractivity contribution in [2.75, 3.05) is 26.3 Å². The molecule has 3 rings (SSSR count). The molecule has 8 nitrogen and oxygen atoms in total. The van der Waals surface area contributed by atoms with Crippen molar-refractivity contribution >= 4 is 16.9 Å². The van der Waals surface area contributed by atoms with E-state index in [1.54, 1.807) is 12.1 Å². The fourth-order valence-electron chi connectivity index (χ4n) is 2.82. The molecule has 2 aromatic rings. The number of nitrogen functional groups attached to an aromatic ring is 1. The number of nitrogens with one attached hydrogen (secondary N) is 1. The van der Waals surface area contributed by atoms with Crippen LogP contribution in [0.15, 0.2) is 16.9 Å². The zero-order valence-electron chi connectivity index (χ0n) is 13.2. The van der Waals surface area contributed by atoms with E-state index in [2.05, 4.69) is 10.4 Å². The zero-order chi connectivity index (χ0) is 16.4. The summed E-state index contributed by atoms with van der Waals surface area (Å²) in [6, 6.07) is 3.29. The summed E-state index contributed by atoms with van der Waals surface area (Å²) in [5.41, 5.74) is 2.79. The van der Waals surface area contributed by atoms with Gasteiger partial charge in [0, 0.05) is 12.7 Å². The third-order valence-corrected chi connectivity index (χ3v) is 4.00. The van der Waals surface area contributed by atoms with Gasteiger partial charge < -0.3 is 14.2 Å². The first-order valence-electron chi connectivity index (χ1n) is 7.42. The second kappa shape index (κ2) is 6.43. The number of rotatable bonds is 5. The molecule has 8 heteroatoms. The summed E-state index contributed by atoms with van der Waals surface area (Å²) in [4.78, 5) is 17.3. The van der Waals surface area contributed by atoms with Crippen LogP contribution in [0.25, 0.3) is 10.9 Å². The van der Waals surface area contributed by atoms with Crippen molar-refractivity contribution in [3.63, 3.8) is 0 Å². The largest absolute Gasteiger partial charge is 0.493 e. The van der Waals surface area contributed by atoms with Crippen LogP contribution in [0.1, 0.15) is 12.8 Å². The molecule has 23 heavy (non-hydrogen) atoms. The monoisotopic (exact) mass is 320 g/mol. The lowest BCUT2D eigenvalue weighted by Gasteiger charge is -2.17. The van der Waals surface area contributed by atoms with Gasteiger partial charge in [-0.1, -0.05) is 0 Å². The summed E-state index contributed by atoms with van der Waals surface area (Å²) in [5.74, 6) is 6.83. The number of hydrogen-bond acceptors (Lipinski definition) is 7. The Bertz CT molecular complexity index is 768. The van der Waals surface area contributed by atoms with E-state index in [4.69, 9.17) is 20.1 Å². The maximum absolute atomic E-state index is 12.8. The van der Waals surface area contributed by atoms with Crippen LogP contribution in [-0.4, -0.2) is 36.5 Å². The average molecular weight is 320 g/mol. The molecule has 1 aliphatic rings. The molecule has 2 heterocycles. The normalized spacial score (nSPS) is 17.4. The predicted octanol–water partition coefficient (Wildman–Crippen LogP) is 0.878. The van der Waals surface area contributed by atoms with Crippen molar-refractivity contribution in [2.24, 2.45) is 5.84 Å². The third-order valence-electron chi connectivity index (χ3n) is 4.00. The third kappa shape index (κ3) is 2.82. The predicted molar refractivity (Wildman–Crippen MR) is 85.9 cm³/mol. The Balaban J connectivity index is 2.15. The highest BCUT2D eigenvalue weighted by Crippen LogP contribution is 2.30. The molecule has 124 valence electrons. The Hall–Kier alpha value is -2.32. The summed E-state index contributed by atoms with van der Waals surface area (Å²) in [6.07, 6.45) is 1.91. The second-order valence-corrected chi connectivity index (χ2v) is 5.35. The van der Waals surface area contributed by atoms with Crippen LogP contribution in [-0.2, 0) is 11.3 Å². The molecule has 0 aliphatic carbocycles. The van der Waals surface area contributed by atoms with Gasteiger partial charge in [0.15, 0.2) is 11.5 Å². The highest BCUT2D eigenvalue weighted by molar-refractivity contribution is 5.82. The molecule has 1 aromatic carbocycles. The van der Waals surface area contributed by atoms with Gasteiger partial charge in [0.1, 0.15) is 0 Å². The number of ether oxygens (including phenoxy) is 3. The summed E-state index contributed by atoms with van der Waals surface area (Å²) in [6.45, 7) is 1.13. The van der Waals surface area contributed by atoms with E-state index in [-0.39, 0.29) is 11.7 Å². The van der Waals surface area contributed by atoms with Crippen molar-refractivity contribution in [2.45, 2.75) is 25.5 Å². The molecule has 0 spiro atoms. The van der Waals surface area contributed by atoms with E-state index < -0.39 is 0 Å². The first-order chi connectivity index (χ1) is 11.2. The highest BCUT2D eigenvalue weighted by Gasteiger charge is 2.20. The number of benzene rings is 1. The minimum absolute atomic E-state index is 0.000746. The van der Waals surface area contributed by atoms with Gasteiger partial charge in [-0.25, -0.2) is 10.8 Å². The SMILES string of the molecule is COc1cc2nc(NN)n(C[C@H]3CCCO3)c(=O)c2cc1OC. The molecule has 0 bridgehead atoms. The lowest BCUT2D eigenvalue weighted by molar-refractivity contribution is 0.0965. The number of fused-ring (bicyclic) bond motifs is 1.